The van der Waals surface area contributed by atoms with Gasteiger partial charge < -0.3 is 9.57 Å². The molecule has 4 nitrogen and oxygen atoms in total. The molecule has 80 valence electrons. The van der Waals surface area contributed by atoms with Crippen molar-refractivity contribution in [2.24, 2.45) is 11.1 Å². The zero-order valence-electron chi connectivity index (χ0n) is 8.78. The maximum Gasteiger partial charge on any atom is 0.302 e. The standard InChI is InChI=1S/C10H17NO3/c1-8(12)14-7-9-5-3-4-6-10(9)11-13-2/h9H,3-7H2,1-2H3/b11-10-/t9-/m1/s1. The van der Waals surface area contributed by atoms with Crippen LogP contribution in [0.3, 0.4) is 0 Å². The van der Waals surface area contributed by atoms with E-state index in [0.717, 1.165) is 25.0 Å². The van der Waals surface area contributed by atoms with Crippen molar-refractivity contribution in [3.63, 3.8) is 0 Å². The fourth-order valence-electron chi connectivity index (χ4n) is 1.70. The molecule has 4 heteroatoms. The molecular formula is C10H17NO3. The number of hydrogen-bond donors (Lipinski definition) is 0. The largest absolute Gasteiger partial charge is 0.465 e. The summed E-state index contributed by atoms with van der Waals surface area (Å²) in [6, 6.07) is 0. The summed E-state index contributed by atoms with van der Waals surface area (Å²) in [5.41, 5.74) is 1.03. The zero-order chi connectivity index (χ0) is 10.4. The van der Waals surface area contributed by atoms with Crippen LogP contribution in [-0.4, -0.2) is 25.4 Å². The molecule has 0 amide bonds. The molecule has 1 rings (SSSR count). The normalized spacial score (nSPS) is 24.7. The number of carbonyl (C=O) groups is 1. The molecule has 0 radical (unpaired) electrons. The highest BCUT2D eigenvalue weighted by molar-refractivity contribution is 5.87. The van der Waals surface area contributed by atoms with Gasteiger partial charge in [0, 0.05) is 12.8 Å². The first-order valence-electron chi connectivity index (χ1n) is 4.97. The molecule has 0 aromatic carbocycles. The Morgan fingerprint density at radius 3 is 3.00 bits per heavy atom. The Kier molecular flexibility index (Phi) is 4.43. The Bertz CT molecular complexity index is 225. The Balaban J connectivity index is 2.46. The van der Waals surface area contributed by atoms with E-state index in [4.69, 9.17) is 9.57 Å². The van der Waals surface area contributed by atoms with Gasteiger partial charge in [-0.1, -0.05) is 11.6 Å². The van der Waals surface area contributed by atoms with Gasteiger partial charge in [-0.25, -0.2) is 0 Å². The van der Waals surface area contributed by atoms with Crippen molar-refractivity contribution in [3.05, 3.63) is 0 Å². The van der Waals surface area contributed by atoms with Crippen molar-refractivity contribution < 1.29 is 14.4 Å². The summed E-state index contributed by atoms with van der Waals surface area (Å²) in [6.07, 6.45) is 4.32. The summed E-state index contributed by atoms with van der Waals surface area (Å²) in [7, 11) is 1.55. The van der Waals surface area contributed by atoms with Gasteiger partial charge in [0.1, 0.15) is 7.11 Å². The number of esters is 1. The van der Waals surface area contributed by atoms with Crippen LogP contribution in [0.4, 0.5) is 0 Å². The third-order valence-electron chi connectivity index (χ3n) is 2.40. The van der Waals surface area contributed by atoms with Crippen molar-refractivity contribution in [1.82, 2.24) is 0 Å². The topological polar surface area (TPSA) is 47.9 Å². The second-order valence-corrected chi connectivity index (χ2v) is 3.51. The maximum absolute atomic E-state index is 10.7. The highest BCUT2D eigenvalue weighted by atomic mass is 16.6. The zero-order valence-corrected chi connectivity index (χ0v) is 8.78. The van der Waals surface area contributed by atoms with Crippen LogP contribution >= 0.6 is 0 Å². The van der Waals surface area contributed by atoms with Crippen molar-refractivity contribution in [2.45, 2.75) is 32.6 Å². The van der Waals surface area contributed by atoms with Crippen LogP contribution in [0.1, 0.15) is 32.6 Å². The van der Waals surface area contributed by atoms with E-state index in [1.165, 1.54) is 13.3 Å². The fourth-order valence-corrected chi connectivity index (χ4v) is 1.70. The SMILES string of the molecule is CO/N=C1/CCCC[C@@H]1COC(C)=O. The second kappa shape index (κ2) is 5.62. The molecule has 0 bridgehead atoms. The third kappa shape index (κ3) is 3.36. The van der Waals surface area contributed by atoms with Gasteiger partial charge in [0.25, 0.3) is 0 Å². The number of carbonyl (C=O) groups excluding carboxylic acids is 1. The van der Waals surface area contributed by atoms with Crippen LogP contribution in [0.25, 0.3) is 0 Å². The number of ether oxygens (including phenoxy) is 1. The minimum absolute atomic E-state index is 0.229. The molecule has 0 unspecified atom stereocenters. The molecule has 1 fully saturated rings. The third-order valence-corrected chi connectivity index (χ3v) is 2.40. The number of rotatable bonds is 3. The van der Waals surface area contributed by atoms with Crippen molar-refractivity contribution in [1.29, 1.82) is 0 Å². The molecule has 1 aliphatic rings. The predicted octanol–water partition coefficient (Wildman–Crippen LogP) is 1.74. The van der Waals surface area contributed by atoms with E-state index in [9.17, 15) is 4.79 Å². The summed E-state index contributed by atoms with van der Waals surface area (Å²) in [4.78, 5) is 15.4. The van der Waals surface area contributed by atoms with Gasteiger partial charge in [0.05, 0.1) is 12.3 Å². The van der Waals surface area contributed by atoms with Crippen LogP contribution in [0.2, 0.25) is 0 Å². The summed E-state index contributed by atoms with van der Waals surface area (Å²) in [6.45, 7) is 1.87. The first kappa shape index (κ1) is 11.0. The van der Waals surface area contributed by atoms with Crippen molar-refractivity contribution in [2.75, 3.05) is 13.7 Å². The summed E-state index contributed by atoms with van der Waals surface area (Å²) in [5.74, 6) is 0.0277. The van der Waals surface area contributed by atoms with E-state index in [2.05, 4.69) is 5.16 Å². The van der Waals surface area contributed by atoms with Crippen LogP contribution < -0.4 is 0 Å². The molecule has 0 spiro atoms. The molecule has 0 aromatic heterocycles. The second-order valence-electron chi connectivity index (χ2n) is 3.51. The van der Waals surface area contributed by atoms with Gasteiger partial charge in [0.2, 0.25) is 0 Å². The van der Waals surface area contributed by atoms with Crippen LogP contribution in [0.5, 0.6) is 0 Å². The number of oxime groups is 1. The minimum Gasteiger partial charge on any atom is -0.465 e. The molecule has 0 aliphatic heterocycles. The smallest absolute Gasteiger partial charge is 0.302 e. The lowest BCUT2D eigenvalue weighted by molar-refractivity contribution is -0.141. The van der Waals surface area contributed by atoms with Crippen LogP contribution in [0.15, 0.2) is 5.16 Å². The average molecular weight is 199 g/mol. The average Bonchev–Trinajstić information content (AvgIpc) is 2.17. The molecule has 1 saturated carbocycles. The first-order chi connectivity index (χ1) is 6.74. The van der Waals surface area contributed by atoms with Gasteiger partial charge in [-0.15, -0.1) is 0 Å². The molecule has 14 heavy (non-hydrogen) atoms. The quantitative estimate of drug-likeness (QED) is 0.514. The summed E-state index contributed by atoms with van der Waals surface area (Å²) < 4.78 is 4.98. The molecule has 0 aromatic rings. The minimum atomic E-state index is -0.229. The van der Waals surface area contributed by atoms with E-state index in [-0.39, 0.29) is 11.9 Å². The van der Waals surface area contributed by atoms with Crippen molar-refractivity contribution >= 4 is 11.7 Å². The monoisotopic (exact) mass is 199 g/mol. The summed E-state index contributed by atoms with van der Waals surface area (Å²) >= 11 is 0. The lowest BCUT2D eigenvalue weighted by Crippen LogP contribution is -2.25. The lowest BCUT2D eigenvalue weighted by Gasteiger charge is -2.22. The summed E-state index contributed by atoms with van der Waals surface area (Å²) in [5, 5.41) is 3.97. The van der Waals surface area contributed by atoms with Gasteiger partial charge >= 0.3 is 5.97 Å². The van der Waals surface area contributed by atoms with E-state index in [1.54, 1.807) is 7.11 Å². The highest BCUT2D eigenvalue weighted by Gasteiger charge is 2.22. The number of hydrogen-bond acceptors (Lipinski definition) is 4. The van der Waals surface area contributed by atoms with Gasteiger partial charge in [0.15, 0.2) is 0 Å². The maximum atomic E-state index is 10.7. The predicted molar refractivity (Wildman–Crippen MR) is 53.0 cm³/mol. The molecule has 1 aliphatic carbocycles. The van der Waals surface area contributed by atoms with Crippen molar-refractivity contribution in [3.8, 4) is 0 Å². The molecule has 1 atom stereocenters. The Labute approximate surface area is 84.3 Å². The van der Waals surface area contributed by atoms with Crippen LogP contribution in [-0.2, 0) is 14.4 Å². The van der Waals surface area contributed by atoms with E-state index in [1.807, 2.05) is 0 Å². The van der Waals surface area contributed by atoms with Gasteiger partial charge in [-0.05, 0) is 19.3 Å². The van der Waals surface area contributed by atoms with Gasteiger partial charge in [-0.3, -0.25) is 4.79 Å². The Morgan fingerprint density at radius 2 is 2.36 bits per heavy atom. The molecule has 0 saturated heterocycles. The van der Waals surface area contributed by atoms with Gasteiger partial charge in [-0.2, -0.15) is 0 Å². The highest BCUT2D eigenvalue weighted by Crippen LogP contribution is 2.22. The first-order valence-corrected chi connectivity index (χ1v) is 4.97. The molecule has 0 N–H and O–H groups in total. The fraction of sp³-hybridized carbons (Fsp3) is 0.800. The van der Waals surface area contributed by atoms with E-state index < -0.39 is 0 Å². The Morgan fingerprint density at radius 1 is 1.57 bits per heavy atom. The van der Waals surface area contributed by atoms with Crippen LogP contribution in [0, 0.1) is 5.92 Å². The van der Waals surface area contributed by atoms with E-state index >= 15 is 0 Å². The lowest BCUT2D eigenvalue weighted by atomic mass is 9.88. The van der Waals surface area contributed by atoms with E-state index in [0.29, 0.717) is 6.61 Å². The number of nitrogens with zero attached hydrogens (tertiary/aromatic N) is 1. The molecule has 0 heterocycles. The molecular weight excluding hydrogens is 182 g/mol. The Hall–Kier alpha value is -1.06.